The molecule has 1 amide bonds. The van der Waals surface area contributed by atoms with E-state index in [1.54, 1.807) is 7.05 Å². The van der Waals surface area contributed by atoms with Crippen LogP contribution < -0.4 is 10.6 Å². The van der Waals surface area contributed by atoms with Gasteiger partial charge in [-0.25, -0.2) is 4.79 Å². The Balaban J connectivity index is 3.97. The SMILES string of the molecule is CNCC(=O)NC(CO)C(=O)OC. The fourth-order valence-corrected chi connectivity index (χ4v) is 0.727. The Bertz CT molecular complexity index is 183. The highest BCUT2D eigenvalue weighted by Gasteiger charge is 2.19. The van der Waals surface area contributed by atoms with Crippen LogP contribution in [0.5, 0.6) is 0 Å². The molecule has 0 fully saturated rings. The molecule has 0 heterocycles. The van der Waals surface area contributed by atoms with Gasteiger partial charge in [-0.2, -0.15) is 0 Å². The van der Waals surface area contributed by atoms with Crippen molar-refractivity contribution in [3.63, 3.8) is 0 Å². The molecule has 3 N–H and O–H groups in total. The molecule has 0 bridgehead atoms. The molecule has 0 radical (unpaired) electrons. The zero-order valence-corrected chi connectivity index (χ0v) is 7.66. The van der Waals surface area contributed by atoms with Crippen LogP contribution in [0.2, 0.25) is 0 Å². The fourth-order valence-electron chi connectivity index (χ4n) is 0.727. The van der Waals surface area contributed by atoms with Crippen LogP contribution in [0.25, 0.3) is 0 Å². The van der Waals surface area contributed by atoms with Crippen LogP contribution in [0.4, 0.5) is 0 Å². The summed E-state index contributed by atoms with van der Waals surface area (Å²) in [5, 5.41) is 13.6. The number of carbonyl (C=O) groups excluding carboxylic acids is 2. The molecule has 0 spiro atoms. The highest BCUT2D eigenvalue weighted by molar-refractivity contribution is 5.85. The number of carbonyl (C=O) groups is 2. The second kappa shape index (κ2) is 6.38. The Morgan fingerprint density at radius 1 is 1.54 bits per heavy atom. The van der Waals surface area contributed by atoms with Crippen LogP contribution in [0.3, 0.4) is 0 Å². The Labute approximate surface area is 76.3 Å². The first-order valence-corrected chi connectivity index (χ1v) is 3.78. The minimum atomic E-state index is -0.981. The molecule has 0 aliphatic carbocycles. The molecule has 1 atom stereocenters. The first-order chi connectivity index (χ1) is 6.15. The highest BCUT2D eigenvalue weighted by atomic mass is 16.5. The summed E-state index contributed by atoms with van der Waals surface area (Å²) in [4.78, 5) is 21.8. The molecular formula is C7H14N2O4. The van der Waals surface area contributed by atoms with Crippen LogP contribution in [0, 0.1) is 0 Å². The van der Waals surface area contributed by atoms with Gasteiger partial charge in [-0.15, -0.1) is 0 Å². The maximum Gasteiger partial charge on any atom is 0.330 e. The number of methoxy groups -OCH3 is 1. The second-order valence-corrected chi connectivity index (χ2v) is 2.36. The van der Waals surface area contributed by atoms with Crippen molar-refractivity contribution in [2.45, 2.75) is 6.04 Å². The third kappa shape index (κ3) is 4.44. The summed E-state index contributed by atoms with van der Waals surface area (Å²) in [6.45, 7) is -0.379. The monoisotopic (exact) mass is 190 g/mol. The van der Waals surface area contributed by atoms with Crippen molar-refractivity contribution in [2.75, 3.05) is 27.3 Å². The zero-order chi connectivity index (χ0) is 10.3. The zero-order valence-electron chi connectivity index (χ0n) is 7.66. The van der Waals surface area contributed by atoms with Crippen LogP contribution >= 0.6 is 0 Å². The maximum absolute atomic E-state index is 10.9. The number of hydrogen-bond acceptors (Lipinski definition) is 5. The molecule has 0 aliphatic rings. The summed E-state index contributed by atoms with van der Waals surface area (Å²) in [6, 6.07) is -0.981. The molecule has 0 aliphatic heterocycles. The number of likely N-dealkylation sites (N-methyl/N-ethyl adjacent to an activating group) is 1. The molecule has 6 nitrogen and oxygen atoms in total. The minimum Gasteiger partial charge on any atom is -0.467 e. The summed E-state index contributed by atoms with van der Waals surface area (Å²) < 4.78 is 4.35. The quantitative estimate of drug-likeness (QED) is 0.430. The predicted molar refractivity (Wildman–Crippen MR) is 45.0 cm³/mol. The van der Waals surface area contributed by atoms with Crippen LogP contribution in [-0.4, -0.2) is 50.3 Å². The summed E-state index contributed by atoms with van der Waals surface area (Å²) in [7, 11) is 2.79. The standard InChI is InChI=1S/C7H14N2O4/c1-8-3-6(11)9-5(4-10)7(12)13-2/h5,8,10H,3-4H2,1-2H3,(H,9,11). The number of aliphatic hydroxyl groups excluding tert-OH is 1. The molecule has 0 aromatic carbocycles. The van der Waals surface area contributed by atoms with E-state index in [9.17, 15) is 9.59 Å². The van der Waals surface area contributed by atoms with E-state index in [2.05, 4.69) is 15.4 Å². The number of ether oxygens (including phenoxy) is 1. The van der Waals surface area contributed by atoms with Gasteiger partial charge in [0.2, 0.25) is 5.91 Å². The van der Waals surface area contributed by atoms with Crippen molar-refractivity contribution >= 4 is 11.9 Å². The van der Waals surface area contributed by atoms with E-state index in [0.29, 0.717) is 0 Å². The van der Waals surface area contributed by atoms with Crippen molar-refractivity contribution in [1.29, 1.82) is 0 Å². The molecule has 0 rings (SSSR count). The Hall–Kier alpha value is -1.14. The van der Waals surface area contributed by atoms with E-state index in [1.165, 1.54) is 7.11 Å². The summed E-state index contributed by atoms with van der Waals surface area (Å²) in [6.07, 6.45) is 0. The first kappa shape index (κ1) is 11.9. The van der Waals surface area contributed by atoms with Gasteiger partial charge in [0.05, 0.1) is 20.3 Å². The molecule has 0 aromatic heterocycles. The molecular weight excluding hydrogens is 176 g/mol. The van der Waals surface area contributed by atoms with Gasteiger partial charge in [-0.1, -0.05) is 0 Å². The number of aliphatic hydroxyl groups is 1. The van der Waals surface area contributed by atoms with Crippen molar-refractivity contribution in [2.24, 2.45) is 0 Å². The molecule has 0 saturated heterocycles. The second-order valence-electron chi connectivity index (χ2n) is 2.36. The van der Waals surface area contributed by atoms with Gasteiger partial charge < -0.3 is 20.5 Å². The summed E-state index contributed by atoms with van der Waals surface area (Å²) in [5.41, 5.74) is 0. The van der Waals surface area contributed by atoms with Crippen molar-refractivity contribution < 1.29 is 19.4 Å². The average Bonchev–Trinajstić information content (AvgIpc) is 2.13. The highest BCUT2D eigenvalue weighted by Crippen LogP contribution is 1.85. The predicted octanol–water partition coefficient (Wildman–Crippen LogP) is -2.14. The van der Waals surface area contributed by atoms with Crippen LogP contribution in [0.15, 0.2) is 0 Å². The summed E-state index contributed by atoms with van der Waals surface area (Å²) in [5.74, 6) is -1.03. The van der Waals surface area contributed by atoms with Gasteiger partial charge in [-0.3, -0.25) is 4.79 Å². The van der Waals surface area contributed by atoms with Gasteiger partial charge in [0.25, 0.3) is 0 Å². The third-order valence-electron chi connectivity index (χ3n) is 1.34. The fraction of sp³-hybridized carbons (Fsp3) is 0.714. The maximum atomic E-state index is 10.9. The van der Waals surface area contributed by atoms with E-state index < -0.39 is 18.6 Å². The van der Waals surface area contributed by atoms with Gasteiger partial charge in [-0.05, 0) is 7.05 Å². The number of amides is 1. The lowest BCUT2D eigenvalue weighted by Gasteiger charge is -2.13. The van der Waals surface area contributed by atoms with Crippen LogP contribution in [-0.2, 0) is 14.3 Å². The Morgan fingerprint density at radius 3 is 2.54 bits per heavy atom. The largest absolute Gasteiger partial charge is 0.467 e. The molecule has 0 aromatic rings. The molecule has 6 heteroatoms. The number of nitrogens with one attached hydrogen (secondary N) is 2. The number of esters is 1. The van der Waals surface area contributed by atoms with Gasteiger partial charge in [0, 0.05) is 0 Å². The first-order valence-electron chi connectivity index (χ1n) is 3.78. The van der Waals surface area contributed by atoms with Crippen molar-refractivity contribution in [3.05, 3.63) is 0 Å². The number of rotatable bonds is 5. The molecule has 76 valence electrons. The van der Waals surface area contributed by atoms with Crippen molar-refractivity contribution in [3.8, 4) is 0 Å². The minimum absolute atomic E-state index is 0.0908. The van der Waals surface area contributed by atoms with Crippen molar-refractivity contribution in [1.82, 2.24) is 10.6 Å². The third-order valence-corrected chi connectivity index (χ3v) is 1.34. The average molecular weight is 190 g/mol. The lowest BCUT2D eigenvalue weighted by Crippen LogP contribution is -2.46. The topological polar surface area (TPSA) is 87.7 Å². The van der Waals surface area contributed by atoms with Gasteiger partial charge in [0.1, 0.15) is 0 Å². The normalized spacial score (nSPS) is 11.9. The van der Waals surface area contributed by atoms with E-state index in [0.717, 1.165) is 0 Å². The molecule has 0 saturated carbocycles. The van der Waals surface area contributed by atoms with E-state index >= 15 is 0 Å². The lowest BCUT2D eigenvalue weighted by atomic mass is 10.3. The van der Waals surface area contributed by atoms with E-state index in [4.69, 9.17) is 5.11 Å². The van der Waals surface area contributed by atoms with Crippen LogP contribution in [0.1, 0.15) is 0 Å². The Morgan fingerprint density at radius 2 is 2.15 bits per heavy atom. The lowest BCUT2D eigenvalue weighted by molar-refractivity contribution is -0.146. The molecule has 13 heavy (non-hydrogen) atoms. The number of hydrogen-bond donors (Lipinski definition) is 3. The van der Waals surface area contributed by atoms with Gasteiger partial charge >= 0.3 is 5.97 Å². The summed E-state index contributed by atoms with van der Waals surface area (Å²) >= 11 is 0. The Kier molecular flexibility index (Phi) is 5.82. The smallest absolute Gasteiger partial charge is 0.330 e. The molecule has 1 unspecified atom stereocenters. The van der Waals surface area contributed by atoms with E-state index in [-0.39, 0.29) is 12.5 Å². The van der Waals surface area contributed by atoms with E-state index in [1.807, 2.05) is 0 Å². The van der Waals surface area contributed by atoms with Gasteiger partial charge in [0.15, 0.2) is 6.04 Å².